The van der Waals surface area contributed by atoms with E-state index in [2.05, 4.69) is 30.4 Å². The van der Waals surface area contributed by atoms with Crippen molar-refractivity contribution in [3.63, 3.8) is 0 Å². The topological polar surface area (TPSA) is 48.4 Å². The highest BCUT2D eigenvalue weighted by Crippen LogP contribution is 2.36. The van der Waals surface area contributed by atoms with E-state index < -0.39 is 47.6 Å². The molecule has 4 nitrogen and oxygen atoms in total. The van der Waals surface area contributed by atoms with Gasteiger partial charge in [-0.05, 0) is 6.92 Å². The van der Waals surface area contributed by atoms with Crippen LogP contribution in [0, 0.1) is 0 Å². The van der Waals surface area contributed by atoms with Gasteiger partial charge in [-0.2, -0.15) is 13.2 Å². The number of ether oxygens (including phenoxy) is 2. The molecule has 0 unspecified atom stereocenters. The molecule has 0 aliphatic carbocycles. The van der Waals surface area contributed by atoms with Crippen molar-refractivity contribution in [2.24, 2.45) is 0 Å². The van der Waals surface area contributed by atoms with E-state index in [1.807, 2.05) is 0 Å². The number of rotatable bonds is 5. The van der Waals surface area contributed by atoms with E-state index in [0.29, 0.717) is 0 Å². The molecule has 1 rings (SSSR count). The molecule has 1 aromatic heterocycles. The number of aromatic nitrogens is 1. The second kappa shape index (κ2) is 7.37. The third-order valence-corrected chi connectivity index (χ3v) is 2.97. The number of pyridine rings is 1. The van der Waals surface area contributed by atoms with Gasteiger partial charge in [0.1, 0.15) is 11.4 Å². The molecule has 0 aliphatic heterocycles. The van der Waals surface area contributed by atoms with Crippen LogP contribution >= 0.6 is 15.9 Å². The van der Waals surface area contributed by atoms with Gasteiger partial charge in [0.05, 0.1) is 18.7 Å². The van der Waals surface area contributed by atoms with E-state index in [1.165, 1.54) is 6.92 Å². The standard InChI is InChI=1S/C12H10BrF6NO3/c1-2-22-10(21)3-6-7(5-13)20-9(11(14,15)16)4-8(6)23-12(17,18)19/h4H,2-3,5H2,1H3. The number of alkyl halides is 7. The lowest BCUT2D eigenvalue weighted by Gasteiger charge is -2.17. The van der Waals surface area contributed by atoms with Crippen LogP contribution in [0.3, 0.4) is 0 Å². The van der Waals surface area contributed by atoms with E-state index >= 15 is 0 Å². The first-order valence-electron chi connectivity index (χ1n) is 6.05. The number of hydrogen-bond acceptors (Lipinski definition) is 4. The summed E-state index contributed by atoms with van der Waals surface area (Å²) in [6.45, 7) is 1.44. The summed E-state index contributed by atoms with van der Waals surface area (Å²) < 4.78 is 83.6. The highest BCUT2D eigenvalue weighted by atomic mass is 79.9. The summed E-state index contributed by atoms with van der Waals surface area (Å²) in [6.07, 6.45) is -10.9. The van der Waals surface area contributed by atoms with Crippen LogP contribution in [0.4, 0.5) is 26.3 Å². The zero-order chi connectivity index (χ0) is 17.8. The first kappa shape index (κ1) is 19.5. The molecule has 1 heterocycles. The molecule has 0 saturated heterocycles. The maximum absolute atomic E-state index is 12.7. The van der Waals surface area contributed by atoms with E-state index in [0.717, 1.165) is 0 Å². The largest absolute Gasteiger partial charge is 0.573 e. The summed E-state index contributed by atoms with van der Waals surface area (Å²) in [5.74, 6) is -2.05. The minimum Gasteiger partial charge on any atom is -0.466 e. The van der Waals surface area contributed by atoms with Gasteiger partial charge in [0.2, 0.25) is 0 Å². The van der Waals surface area contributed by atoms with Crippen LogP contribution in [0.5, 0.6) is 5.75 Å². The SMILES string of the molecule is CCOC(=O)Cc1c(OC(F)(F)F)cc(C(F)(F)F)nc1CBr. The Kier molecular flexibility index (Phi) is 6.25. The number of carbonyl (C=O) groups is 1. The fourth-order valence-electron chi connectivity index (χ4n) is 1.62. The molecule has 1 aromatic rings. The summed E-state index contributed by atoms with van der Waals surface area (Å²) in [7, 11) is 0. The number of hydrogen-bond donors (Lipinski definition) is 0. The fourth-order valence-corrected chi connectivity index (χ4v) is 2.08. The summed E-state index contributed by atoms with van der Waals surface area (Å²) in [6, 6.07) is 0.105. The van der Waals surface area contributed by atoms with Gasteiger partial charge in [-0.15, -0.1) is 13.2 Å². The van der Waals surface area contributed by atoms with Crippen LogP contribution in [-0.4, -0.2) is 23.9 Å². The Bertz CT molecular complexity index is 573. The van der Waals surface area contributed by atoms with Crippen molar-refractivity contribution in [1.82, 2.24) is 4.98 Å². The van der Waals surface area contributed by atoms with Crippen molar-refractivity contribution in [2.75, 3.05) is 6.61 Å². The molecule has 0 atom stereocenters. The third-order valence-electron chi connectivity index (χ3n) is 2.44. The molecule has 23 heavy (non-hydrogen) atoms. The smallest absolute Gasteiger partial charge is 0.466 e. The van der Waals surface area contributed by atoms with Gasteiger partial charge in [-0.1, -0.05) is 15.9 Å². The number of halogens is 7. The van der Waals surface area contributed by atoms with E-state index in [-0.39, 0.29) is 18.0 Å². The molecule has 0 amide bonds. The van der Waals surface area contributed by atoms with Crippen LogP contribution in [0.1, 0.15) is 23.9 Å². The molecule has 0 fully saturated rings. The Hall–Kier alpha value is -1.52. The average molecular weight is 410 g/mol. The second-order valence-corrected chi connectivity index (χ2v) is 4.65. The minimum atomic E-state index is -5.22. The van der Waals surface area contributed by atoms with Gasteiger partial charge in [0.25, 0.3) is 0 Å². The monoisotopic (exact) mass is 409 g/mol. The Morgan fingerprint density at radius 1 is 1.26 bits per heavy atom. The summed E-state index contributed by atoms with van der Waals surface area (Å²) in [4.78, 5) is 14.7. The van der Waals surface area contributed by atoms with Crippen molar-refractivity contribution < 1.29 is 40.6 Å². The molecule has 0 radical (unpaired) electrons. The molecule has 0 aliphatic rings. The zero-order valence-corrected chi connectivity index (χ0v) is 13.1. The van der Waals surface area contributed by atoms with Gasteiger partial charge < -0.3 is 9.47 Å². The molecule has 130 valence electrons. The van der Waals surface area contributed by atoms with Crippen molar-refractivity contribution in [2.45, 2.75) is 31.2 Å². The molecular weight excluding hydrogens is 400 g/mol. The van der Waals surface area contributed by atoms with Crippen molar-refractivity contribution in [3.8, 4) is 5.75 Å². The first-order valence-corrected chi connectivity index (χ1v) is 7.17. The molecule has 0 aromatic carbocycles. The van der Waals surface area contributed by atoms with E-state index in [4.69, 9.17) is 0 Å². The lowest BCUT2D eigenvalue weighted by molar-refractivity contribution is -0.275. The quantitative estimate of drug-likeness (QED) is 0.419. The lowest BCUT2D eigenvalue weighted by atomic mass is 10.1. The van der Waals surface area contributed by atoms with E-state index in [9.17, 15) is 31.1 Å². The second-order valence-electron chi connectivity index (χ2n) is 4.09. The third kappa shape index (κ3) is 5.88. The molecule has 0 spiro atoms. The Labute approximate surface area is 134 Å². The van der Waals surface area contributed by atoms with E-state index in [1.54, 1.807) is 0 Å². The first-order chi connectivity index (χ1) is 10.5. The van der Waals surface area contributed by atoms with Crippen molar-refractivity contribution in [3.05, 3.63) is 23.0 Å². The van der Waals surface area contributed by atoms with Crippen LogP contribution in [0.2, 0.25) is 0 Å². The predicted octanol–water partition coefficient (Wildman–Crippen LogP) is 4.00. The summed E-state index contributed by atoms with van der Waals surface area (Å²) in [5.41, 5.74) is -2.38. The van der Waals surface area contributed by atoms with Crippen molar-refractivity contribution in [1.29, 1.82) is 0 Å². The molecule has 0 bridgehead atoms. The van der Waals surface area contributed by atoms with Gasteiger partial charge in [-0.25, -0.2) is 4.98 Å². The lowest BCUT2D eigenvalue weighted by Crippen LogP contribution is -2.22. The normalized spacial score (nSPS) is 12.2. The molecule has 11 heteroatoms. The van der Waals surface area contributed by atoms with Gasteiger partial charge >= 0.3 is 18.5 Å². The zero-order valence-electron chi connectivity index (χ0n) is 11.5. The molecular formula is C12H10BrF6NO3. The number of esters is 1. The molecule has 0 saturated carbocycles. The summed E-state index contributed by atoms with van der Waals surface area (Å²) in [5, 5.41) is -0.306. The Balaban J connectivity index is 3.41. The highest BCUT2D eigenvalue weighted by molar-refractivity contribution is 9.08. The number of carbonyl (C=O) groups excluding carboxylic acids is 1. The van der Waals surface area contributed by atoms with Crippen molar-refractivity contribution >= 4 is 21.9 Å². The van der Waals surface area contributed by atoms with Gasteiger partial charge in [0, 0.05) is 17.0 Å². The maximum atomic E-state index is 12.7. The number of nitrogens with zero attached hydrogens (tertiary/aromatic N) is 1. The van der Waals surface area contributed by atoms with Gasteiger partial charge in [0.15, 0.2) is 0 Å². The predicted molar refractivity (Wildman–Crippen MR) is 68.9 cm³/mol. The molecule has 0 N–H and O–H groups in total. The van der Waals surface area contributed by atoms with Crippen LogP contribution in [0.15, 0.2) is 6.07 Å². The Morgan fingerprint density at radius 3 is 2.30 bits per heavy atom. The minimum absolute atomic E-state index is 0.0357. The van der Waals surface area contributed by atoms with Crippen LogP contribution in [0.25, 0.3) is 0 Å². The Morgan fingerprint density at radius 2 is 1.87 bits per heavy atom. The fraction of sp³-hybridized carbons (Fsp3) is 0.500. The highest BCUT2D eigenvalue weighted by Gasteiger charge is 2.38. The van der Waals surface area contributed by atoms with Crippen LogP contribution < -0.4 is 4.74 Å². The average Bonchev–Trinajstić information content (AvgIpc) is 2.37. The maximum Gasteiger partial charge on any atom is 0.573 e. The van der Waals surface area contributed by atoms with Crippen LogP contribution in [-0.2, 0) is 27.5 Å². The summed E-state index contributed by atoms with van der Waals surface area (Å²) >= 11 is 2.83. The van der Waals surface area contributed by atoms with Gasteiger partial charge in [-0.3, -0.25) is 4.79 Å².